The number of carbonyl (C=O) groups excluding carboxylic acids is 1. The molecular formula is C14H25N3O3. The van der Waals surface area contributed by atoms with Crippen LogP contribution in [0.3, 0.4) is 0 Å². The van der Waals surface area contributed by atoms with Crippen LogP contribution in [0.25, 0.3) is 0 Å². The van der Waals surface area contributed by atoms with Gasteiger partial charge in [-0.3, -0.25) is 0 Å². The van der Waals surface area contributed by atoms with Crippen molar-refractivity contribution in [2.24, 2.45) is 11.7 Å². The van der Waals surface area contributed by atoms with Crippen LogP contribution in [0.15, 0.2) is 0 Å². The third-order valence-electron chi connectivity index (χ3n) is 4.50. The molecule has 3 unspecified atom stereocenters. The number of hydrogen-bond donors (Lipinski definition) is 3. The van der Waals surface area contributed by atoms with Crippen LogP contribution in [0.2, 0.25) is 0 Å². The van der Waals surface area contributed by atoms with E-state index in [0.29, 0.717) is 31.8 Å². The zero-order chi connectivity index (χ0) is 14.8. The number of nitrogens with two attached hydrogens (primary N) is 1. The summed E-state index contributed by atoms with van der Waals surface area (Å²) >= 11 is 0. The van der Waals surface area contributed by atoms with Gasteiger partial charge < -0.3 is 21.1 Å². The molecular weight excluding hydrogens is 258 g/mol. The molecule has 1 saturated heterocycles. The highest BCUT2D eigenvalue weighted by Gasteiger charge is 2.44. The predicted molar refractivity (Wildman–Crippen MR) is 75.3 cm³/mol. The van der Waals surface area contributed by atoms with Gasteiger partial charge in [0.2, 0.25) is 0 Å². The van der Waals surface area contributed by atoms with Gasteiger partial charge >= 0.3 is 12.0 Å². The molecule has 0 spiro atoms. The Labute approximate surface area is 119 Å². The van der Waals surface area contributed by atoms with Crippen molar-refractivity contribution in [2.45, 2.75) is 57.0 Å². The third kappa shape index (κ3) is 3.23. The largest absolute Gasteiger partial charge is 0.480 e. The first-order valence-electron chi connectivity index (χ1n) is 7.49. The molecule has 6 nitrogen and oxygen atoms in total. The number of nitrogens with one attached hydrogen (secondary N) is 1. The average molecular weight is 283 g/mol. The lowest BCUT2D eigenvalue weighted by Crippen LogP contribution is -2.61. The van der Waals surface area contributed by atoms with E-state index in [4.69, 9.17) is 5.73 Å². The van der Waals surface area contributed by atoms with E-state index in [1.54, 1.807) is 4.90 Å². The number of piperidine rings is 1. The van der Waals surface area contributed by atoms with Gasteiger partial charge in [-0.15, -0.1) is 0 Å². The van der Waals surface area contributed by atoms with Crippen molar-refractivity contribution >= 4 is 12.0 Å². The number of rotatable bonds is 2. The molecule has 0 aromatic rings. The SMILES string of the molecule is CC1CCCC(NC(=O)N2CCCC(N)C2)(C(=O)O)C1. The van der Waals surface area contributed by atoms with Crippen LogP contribution in [-0.4, -0.2) is 46.7 Å². The fourth-order valence-corrected chi connectivity index (χ4v) is 3.39. The molecule has 1 heterocycles. The summed E-state index contributed by atoms with van der Waals surface area (Å²) in [5.74, 6) is -0.595. The molecule has 2 amide bonds. The number of likely N-dealkylation sites (tertiary alicyclic amines) is 1. The normalized spacial score (nSPS) is 34.6. The minimum atomic E-state index is -1.10. The quantitative estimate of drug-likeness (QED) is 0.708. The standard InChI is InChI=1S/C14H25N3O3/c1-10-4-2-6-14(8-10,12(18)19)16-13(20)17-7-3-5-11(15)9-17/h10-11H,2-9,15H2,1H3,(H,16,20)(H,18,19). The molecule has 2 fully saturated rings. The van der Waals surface area contributed by atoms with Gasteiger partial charge in [-0.05, 0) is 31.6 Å². The summed E-state index contributed by atoms with van der Waals surface area (Å²) in [7, 11) is 0. The summed E-state index contributed by atoms with van der Waals surface area (Å²) in [6, 6.07) is -0.280. The lowest BCUT2D eigenvalue weighted by molar-refractivity contribution is -0.146. The van der Waals surface area contributed by atoms with Crippen LogP contribution in [0, 0.1) is 5.92 Å². The molecule has 2 aliphatic rings. The Morgan fingerprint density at radius 1 is 1.35 bits per heavy atom. The summed E-state index contributed by atoms with van der Waals surface area (Å²) in [5.41, 5.74) is 4.77. The van der Waals surface area contributed by atoms with Gasteiger partial charge in [0.1, 0.15) is 5.54 Å². The highest BCUT2D eigenvalue weighted by molar-refractivity contribution is 5.86. The first-order valence-corrected chi connectivity index (χ1v) is 7.49. The van der Waals surface area contributed by atoms with Crippen molar-refractivity contribution in [2.75, 3.05) is 13.1 Å². The molecule has 2 rings (SSSR count). The van der Waals surface area contributed by atoms with E-state index in [1.807, 2.05) is 6.92 Å². The summed E-state index contributed by atoms with van der Waals surface area (Å²) in [4.78, 5) is 25.6. The Kier molecular flexibility index (Phi) is 4.52. The van der Waals surface area contributed by atoms with Crippen molar-refractivity contribution in [3.8, 4) is 0 Å². The van der Waals surface area contributed by atoms with Crippen LogP contribution in [0.1, 0.15) is 45.4 Å². The maximum absolute atomic E-state index is 12.3. The van der Waals surface area contributed by atoms with E-state index < -0.39 is 11.5 Å². The molecule has 1 saturated carbocycles. The van der Waals surface area contributed by atoms with E-state index in [1.165, 1.54) is 0 Å². The molecule has 1 aliphatic carbocycles. The predicted octanol–water partition coefficient (Wildman–Crippen LogP) is 1.15. The van der Waals surface area contributed by atoms with Crippen molar-refractivity contribution in [3.05, 3.63) is 0 Å². The molecule has 0 aromatic heterocycles. The number of urea groups is 1. The smallest absolute Gasteiger partial charge is 0.329 e. The topological polar surface area (TPSA) is 95.7 Å². The second-order valence-electron chi connectivity index (χ2n) is 6.37. The van der Waals surface area contributed by atoms with Gasteiger partial charge in [-0.2, -0.15) is 0 Å². The lowest BCUT2D eigenvalue weighted by atomic mass is 9.76. The van der Waals surface area contributed by atoms with E-state index >= 15 is 0 Å². The molecule has 114 valence electrons. The Hall–Kier alpha value is -1.30. The minimum Gasteiger partial charge on any atom is -0.480 e. The van der Waals surface area contributed by atoms with Gasteiger partial charge in [-0.25, -0.2) is 9.59 Å². The average Bonchev–Trinajstić information content (AvgIpc) is 2.38. The summed E-state index contributed by atoms with van der Waals surface area (Å²) in [5, 5.41) is 12.3. The van der Waals surface area contributed by atoms with Crippen molar-refractivity contribution < 1.29 is 14.7 Å². The fourth-order valence-electron chi connectivity index (χ4n) is 3.39. The number of carboxylic acids is 1. The van der Waals surface area contributed by atoms with Crippen LogP contribution in [-0.2, 0) is 4.79 Å². The van der Waals surface area contributed by atoms with E-state index in [0.717, 1.165) is 25.7 Å². The molecule has 1 aliphatic heterocycles. The maximum Gasteiger partial charge on any atom is 0.329 e. The lowest BCUT2D eigenvalue weighted by Gasteiger charge is -2.39. The second-order valence-corrected chi connectivity index (χ2v) is 6.37. The third-order valence-corrected chi connectivity index (χ3v) is 4.50. The summed E-state index contributed by atoms with van der Waals surface area (Å²) in [6.45, 7) is 3.21. The minimum absolute atomic E-state index is 0.000516. The van der Waals surface area contributed by atoms with Gasteiger partial charge in [0.25, 0.3) is 0 Å². The molecule has 6 heteroatoms. The van der Waals surface area contributed by atoms with Gasteiger partial charge in [0, 0.05) is 19.1 Å². The first-order chi connectivity index (χ1) is 9.43. The number of carboxylic acid groups (broad SMARTS) is 1. The molecule has 0 aromatic carbocycles. The van der Waals surface area contributed by atoms with Gasteiger partial charge in [-0.1, -0.05) is 19.8 Å². The number of amides is 2. The van der Waals surface area contributed by atoms with Crippen LogP contribution < -0.4 is 11.1 Å². The summed E-state index contributed by atoms with van der Waals surface area (Å²) < 4.78 is 0. The highest BCUT2D eigenvalue weighted by Crippen LogP contribution is 2.32. The Balaban J connectivity index is 2.04. The maximum atomic E-state index is 12.3. The Bertz CT molecular complexity index is 388. The number of nitrogens with zero attached hydrogens (tertiary/aromatic N) is 1. The Morgan fingerprint density at radius 2 is 2.10 bits per heavy atom. The highest BCUT2D eigenvalue weighted by atomic mass is 16.4. The Morgan fingerprint density at radius 3 is 2.70 bits per heavy atom. The second kappa shape index (κ2) is 5.99. The van der Waals surface area contributed by atoms with E-state index in [-0.39, 0.29) is 12.1 Å². The molecule has 3 atom stereocenters. The van der Waals surface area contributed by atoms with Crippen LogP contribution >= 0.6 is 0 Å². The number of hydrogen-bond acceptors (Lipinski definition) is 3. The first kappa shape index (κ1) is 15.1. The van der Waals surface area contributed by atoms with E-state index in [9.17, 15) is 14.7 Å². The molecule has 0 radical (unpaired) electrons. The monoisotopic (exact) mass is 283 g/mol. The molecule has 4 N–H and O–H groups in total. The van der Waals surface area contributed by atoms with Crippen molar-refractivity contribution in [3.63, 3.8) is 0 Å². The van der Waals surface area contributed by atoms with Crippen molar-refractivity contribution in [1.29, 1.82) is 0 Å². The zero-order valence-corrected chi connectivity index (χ0v) is 12.1. The molecule has 20 heavy (non-hydrogen) atoms. The van der Waals surface area contributed by atoms with Crippen LogP contribution in [0.5, 0.6) is 0 Å². The zero-order valence-electron chi connectivity index (χ0n) is 12.1. The number of aliphatic carboxylic acids is 1. The van der Waals surface area contributed by atoms with Gasteiger partial charge in [0.15, 0.2) is 0 Å². The molecule has 0 bridgehead atoms. The van der Waals surface area contributed by atoms with Crippen molar-refractivity contribution in [1.82, 2.24) is 10.2 Å². The van der Waals surface area contributed by atoms with Crippen LogP contribution in [0.4, 0.5) is 4.79 Å². The number of carbonyl (C=O) groups is 2. The van der Waals surface area contributed by atoms with Gasteiger partial charge in [0.05, 0.1) is 0 Å². The summed E-state index contributed by atoms with van der Waals surface area (Å²) in [6.07, 6.45) is 4.69. The van der Waals surface area contributed by atoms with E-state index in [2.05, 4.69) is 5.32 Å². The fraction of sp³-hybridized carbons (Fsp3) is 0.857.